The third-order valence-electron chi connectivity index (χ3n) is 5.57. The second-order valence-corrected chi connectivity index (χ2v) is 7.73. The number of guanidine groups is 1. The van der Waals surface area contributed by atoms with Crippen LogP contribution in [0.2, 0.25) is 0 Å². The van der Waals surface area contributed by atoms with Gasteiger partial charge in [-0.2, -0.15) is 5.10 Å². The van der Waals surface area contributed by atoms with Crippen LogP contribution in [0.25, 0.3) is 0 Å². The fraction of sp³-hybridized carbons (Fsp3) is 0.737. The van der Waals surface area contributed by atoms with Crippen molar-refractivity contribution in [1.29, 1.82) is 0 Å². The quantitative estimate of drug-likeness (QED) is 0.307. The van der Waals surface area contributed by atoms with Crippen LogP contribution < -0.4 is 10.6 Å². The maximum absolute atomic E-state index is 12.7. The fourth-order valence-corrected chi connectivity index (χ4v) is 4.03. The maximum atomic E-state index is 12.7. The summed E-state index contributed by atoms with van der Waals surface area (Å²) in [6.07, 6.45) is 9.21. The van der Waals surface area contributed by atoms with Gasteiger partial charge in [0.25, 0.3) is 0 Å². The molecule has 0 aromatic carbocycles. The van der Waals surface area contributed by atoms with Crippen LogP contribution in [0.3, 0.4) is 0 Å². The molecular formula is C19H31N7O3. The molecule has 3 rings (SSSR count). The minimum Gasteiger partial charge on any atom is -0.357 e. The topological polar surface area (TPSA) is 118 Å². The van der Waals surface area contributed by atoms with Crippen LogP contribution in [0.4, 0.5) is 5.69 Å². The van der Waals surface area contributed by atoms with E-state index in [4.69, 9.17) is 0 Å². The minimum absolute atomic E-state index is 0.0207. The highest BCUT2D eigenvalue weighted by Crippen LogP contribution is 2.26. The molecule has 1 aromatic rings. The number of amides is 1. The van der Waals surface area contributed by atoms with Gasteiger partial charge in [0.05, 0.1) is 18.0 Å². The van der Waals surface area contributed by atoms with Crippen molar-refractivity contribution in [2.24, 2.45) is 10.9 Å². The van der Waals surface area contributed by atoms with Crippen LogP contribution in [-0.4, -0.2) is 63.7 Å². The zero-order valence-electron chi connectivity index (χ0n) is 17.0. The molecule has 1 amide bonds. The summed E-state index contributed by atoms with van der Waals surface area (Å²) in [5.74, 6) is 1.23. The lowest BCUT2D eigenvalue weighted by atomic mass is 9.88. The van der Waals surface area contributed by atoms with Crippen molar-refractivity contribution in [3.63, 3.8) is 0 Å². The predicted molar refractivity (Wildman–Crippen MR) is 110 cm³/mol. The molecule has 29 heavy (non-hydrogen) atoms. The van der Waals surface area contributed by atoms with Gasteiger partial charge in [0.2, 0.25) is 5.91 Å². The molecule has 0 spiro atoms. The van der Waals surface area contributed by atoms with Gasteiger partial charge in [-0.05, 0) is 26.2 Å². The van der Waals surface area contributed by atoms with E-state index in [2.05, 4.69) is 20.7 Å². The Bertz CT molecular complexity index is 727. The smallest absolute Gasteiger partial charge is 0.306 e. The van der Waals surface area contributed by atoms with E-state index in [1.54, 1.807) is 0 Å². The first-order valence-electron chi connectivity index (χ1n) is 10.6. The summed E-state index contributed by atoms with van der Waals surface area (Å²) in [6, 6.07) is 0.186. The Labute approximate surface area is 170 Å². The lowest BCUT2D eigenvalue weighted by Crippen LogP contribution is -2.45. The Balaban J connectivity index is 1.48. The second kappa shape index (κ2) is 10.2. The van der Waals surface area contributed by atoms with Gasteiger partial charge in [0.15, 0.2) is 5.96 Å². The highest BCUT2D eigenvalue weighted by molar-refractivity contribution is 5.81. The monoisotopic (exact) mass is 405 g/mol. The van der Waals surface area contributed by atoms with E-state index >= 15 is 0 Å². The van der Waals surface area contributed by atoms with Gasteiger partial charge in [-0.3, -0.25) is 24.6 Å². The second-order valence-electron chi connectivity index (χ2n) is 7.73. The first kappa shape index (κ1) is 21.1. The van der Waals surface area contributed by atoms with Gasteiger partial charge >= 0.3 is 5.69 Å². The number of aliphatic imine (C=N–C) groups is 1. The average Bonchev–Trinajstić information content (AvgIpc) is 3.38. The number of hydrogen-bond acceptors (Lipinski definition) is 5. The third-order valence-corrected chi connectivity index (χ3v) is 5.57. The Morgan fingerprint density at radius 2 is 2.14 bits per heavy atom. The lowest BCUT2D eigenvalue weighted by molar-refractivity contribution is -0.385. The van der Waals surface area contributed by atoms with Crippen LogP contribution >= 0.6 is 0 Å². The first-order chi connectivity index (χ1) is 14.1. The maximum Gasteiger partial charge on any atom is 0.306 e. The van der Waals surface area contributed by atoms with Gasteiger partial charge in [-0.25, -0.2) is 0 Å². The molecule has 1 saturated heterocycles. The highest BCUT2D eigenvalue weighted by Gasteiger charge is 2.31. The Kier molecular flexibility index (Phi) is 7.42. The molecular weight excluding hydrogens is 374 g/mol. The highest BCUT2D eigenvalue weighted by atomic mass is 16.6. The average molecular weight is 406 g/mol. The number of nitrogens with zero attached hydrogens (tertiary/aromatic N) is 5. The van der Waals surface area contributed by atoms with Crippen LogP contribution in [0.15, 0.2) is 17.4 Å². The first-order valence-corrected chi connectivity index (χ1v) is 10.6. The van der Waals surface area contributed by atoms with Crippen LogP contribution in [0, 0.1) is 16.0 Å². The summed E-state index contributed by atoms with van der Waals surface area (Å²) in [4.78, 5) is 29.5. The molecule has 2 aliphatic rings. The van der Waals surface area contributed by atoms with E-state index < -0.39 is 4.92 Å². The van der Waals surface area contributed by atoms with Gasteiger partial charge in [0.1, 0.15) is 12.4 Å². The number of hydrogen-bond donors (Lipinski definition) is 2. The Hall–Kier alpha value is -2.65. The van der Waals surface area contributed by atoms with Crippen LogP contribution in [-0.2, 0) is 11.3 Å². The summed E-state index contributed by atoms with van der Waals surface area (Å²) < 4.78 is 1.52. The van der Waals surface area contributed by atoms with Crippen molar-refractivity contribution in [2.45, 2.75) is 58.0 Å². The summed E-state index contributed by atoms with van der Waals surface area (Å²) in [7, 11) is 0. The Morgan fingerprint density at radius 1 is 1.34 bits per heavy atom. The molecule has 1 aliphatic carbocycles. The molecule has 2 fully saturated rings. The molecule has 1 aromatic heterocycles. The number of nitro groups is 1. The number of nitrogens with one attached hydrogen (secondary N) is 2. The molecule has 2 N–H and O–H groups in total. The molecule has 0 radical (unpaired) electrons. The normalized spacial score (nSPS) is 20.7. The lowest BCUT2D eigenvalue weighted by Gasteiger charge is -2.26. The molecule has 10 nitrogen and oxygen atoms in total. The van der Waals surface area contributed by atoms with Crippen molar-refractivity contribution < 1.29 is 9.72 Å². The fourth-order valence-electron chi connectivity index (χ4n) is 4.03. The van der Waals surface area contributed by atoms with E-state index in [1.165, 1.54) is 36.3 Å². The molecule has 1 atom stereocenters. The van der Waals surface area contributed by atoms with Crippen molar-refractivity contribution in [2.75, 3.05) is 26.2 Å². The predicted octanol–water partition coefficient (Wildman–Crippen LogP) is 1.53. The SMILES string of the molecule is CCNC(=NCCn1cc([N+](=O)[O-])cn1)NC1CCN(C(=O)C2CCCCC2)C1. The van der Waals surface area contributed by atoms with Gasteiger partial charge in [-0.1, -0.05) is 19.3 Å². The van der Waals surface area contributed by atoms with Gasteiger partial charge in [0, 0.05) is 31.6 Å². The largest absolute Gasteiger partial charge is 0.357 e. The number of rotatable bonds is 7. The van der Waals surface area contributed by atoms with Gasteiger partial charge in [-0.15, -0.1) is 0 Å². The summed E-state index contributed by atoms with van der Waals surface area (Å²) in [5, 5.41) is 21.4. The molecule has 1 aliphatic heterocycles. The van der Waals surface area contributed by atoms with E-state index in [9.17, 15) is 14.9 Å². The van der Waals surface area contributed by atoms with E-state index in [0.717, 1.165) is 32.4 Å². The van der Waals surface area contributed by atoms with Gasteiger partial charge < -0.3 is 15.5 Å². The third kappa shape index (κ3) is 5.91. The van der Waals surface area contributed by atoms with Crippen molar-refractivity contribution in [3.8, 4) is 0 Å². The number of likely N-dealkylation sites (tertiary alicyclic amines) is 1. The van der Waals surface area contributed by atoms with Crippen molar-refractivity contribution in [3.05, 3.63) is 22.5 Å². The number of aromatic nitrogens is 2. The Morgan fingerprint density at radius 3 is 2.83 bits per heavy atom. The van der Waals surface area contributed by atoms with E-state index in [1.807, 2.05) is 11.8 Å². The van der Waals surface area contributed by atoms with Crippen LogP contribution in [0.5, 0.6) is 0 Å². The summed E-state index contributed by atoms with van der Waals surface area (Å²) in [5.41, 5.74) is -0.0207. The molecule has 160 valence electrons. The molecule has 1 unspecified atom stereocenters. The molecule has 2 heterocycles. The zero-order valence-corrected chi connectivity index (χ0v) is 17.0. The number of carbonyl (C=O) groups is 1. The number of carbonyl (C=O) groups excluding carboxylic acids is 1. The summed E-state index contributed by atoms with van der Waals surface area (Å²) in [6.45, 7) is 5.15. The standard InChI is InChI=1S/C19H31N7O3/c1-2-20-19(21-9-11-25-14-17(12-22-25)26(28)29)23-16-8-10-24(13-16)18(27)15-6-4-3-5-7-15/h12,14-16H,2-11,13H2,1H3,(H2,20,21,23). The van der Waals surface area contributed by atoms with E-state index in [-0.39, 0.29) is 17.6 Å². The zero-order chi connectivity index (χ0) is 20.6. The molecule has 0 bridgehead atoms. The van der Waals surface area contributed by atoms with Crippen molar-refractivity contribution in [1.82, 2.24) is 25.3 Å². The van der Waals surface area contributed by atoms with E-state index in [0.29, 0.717) is 31.5 Å². The van der Waals surface area contributed by atoms with Crippen LogP contribution in [0.1, 0.15) is 45.4 Å². The minimum atomic E-state index is -0.459. The summed E-state index contributed by atoms with van der Waals surface area (Å²) >= 11 is 0. The van der Waals surface area contributed by atoms with Crippen molar-refractivity contribution >= 4 is 17.6 Å². The molecule has 1 saturated carbocycles. The molecule has 10 heteroatoms.